The molecule has 2 aromatic rings. The van der Waals surface area contributed by atoms with Gasteiger partial charge in [0.05, 0.1) is 11.3 Å². The van der Waals surface area contributed by atoms with Gasteiger partial charge in [0, 0.05) is 6.20 Å². The Morgan fingerprint density at radius 1 is 1.25 bits per heavy atom. The molecule has 0 aliphatic rings. The van der Waals surface area contributed by atoms with Gasteiger partial charge in [-0.15, -0.1) is 0 Å². The lowest BCUT2D eigenvalue weighted by Crippen LogP contribution is -2.42. The number of rotatable bonds is 2. The smallest absolute Gasteiger partial charge is 0.288 e. The zero-order chi connectivity index (χ0) is 14.5. The predicted molar refractivity (Wildman–Crippen MR) is 69.4 cm³/mol. The molecular formula is C13H11N5O2. The van der Waals surface area contributed by atoms with Gasteiger partial charge in [0.1, 0.15) is 17.5 Å². The summed E-state index contributed by atoms with van der Waals surface area (Å²) in [5.41, 5.74) is 5.81. The molecule has 2 heterocycles. The number of aromatic amines is 1. The zero-order valence-corrected chi connectivity index (χ0v) is 10.6. The van der Waals surface area contributed by atoms with Crippen LogP contribution in [0.3, 0.4) is 0 Å². The van der Waals surface area contributed by atoms with E-state index in [0.717, 1.165) is 0 Å². The van der Waals surface area contributed by atoms with E-state index in [1.807, 2.05) is 6.07 Å². The Balaban J connectivity index is 2.01. The molecule has 2 amide bonds. The molecule has 20 heavy (non-hydrogen) atoms. The Morgan fingerprint density at radius 3 is 2.60 bits per heavy atom. The summed E-state index contributed by atoms with van der Waals surface area (Å²) in [5.74, 6) is -1.02. The van der Waals surface area contributed by atoms with Crippen LogP contribution in [0.2, 0.25) is 0 Å². The average Bonchev–Trinajstić information content (AvgIpc) is 2.98. The fraction of sp³-hybridized carbons (Fsp3) is 0.0769. The molecule has 0 atom stereocenters. The number of hydrogen-bond donors (Lipinski definition) is 3. The second-order valence-corrected chi connectivity index (χ2v) is 3.93. The van der Waals surface area contributed by atoms with Crippen molar-refractivity contribution in [2.45, 2.75) is 6.92 Å². The summed E-state index contributed by atoms with van der Waals surface area (Å²) in [6.45, 7) is 1.63. The second-order valence-electron chi connectivity index (χ2n) is 3.93. The lowest BCUT2D eigenvalue weighted by Gasteiger charge is -2.06. The molecular weight excluding hydrogens is 258 g/mol. The highest BCUT2D eigenvalue weighted by Crippen LogP contribution is 2.05. The molecule has 7 nitrogen and oxygen atoms in total. The fourth-order valence-corrected chi connectivity index (χ4v) is 1.52. The molecule has 0 bridgehead atoms. The van der Waals surface area contributed by atoms with Gasteiger partial charge < -0.3 is 4.98 Å². The maximum atomic E-state index is 11.8. The lowest BCUT2D eigenvalue weighted by atomic mass is 10.2. The molecule has 100 valence electrons. The van der Waals surface area contributed by atoms with Crippen molar-refractivity contribution in [1.82, 2.24) is 20.8 Å². The number of amides is 2. The van der Waals surface area contributed by atoms with Crippen molar-refractivity contribution < 1.29 is 9.59 Å². The summed E-state index contributed by atoms with van der Waals surface area (Å²) < 4.78 is 0. The number of nitrogens with zero attached hydrogens (tertiary/aromatic N) is 2. The second kappa shape index (κ2) is 5.67. The number of pyridine rings is 1. The third-order valence-electron chi connectivity index (χ3n) is 2.57. The molecule has 0 fully saturated rings. The standard InChI is InChI=1S/C13H11N5O2/c1-8-9(7-14)4-5-11(16-8)13(20)18-17-12(19)10-3-2-6-15-10/h2-6,15H,1H3,(H,17,19)(H,18,20). The van der Waals surface area contributed by atoms with E-state index >= 15 is 0 Å². The molecule has 3 N–H and O–H groups in total. The number of hydrogen-bond acceptors (Lipinski definition) is 4. The number of H-pyrrole nitrogens is 1. The van der Waals surface area contributed by atoms with E-state index < -0.39 is 11.8 Å². The van der Waals surface area contributed by atoms with E-state index in [0.29, 0.717) is 17.0 Å². The molecule has 0 saturated carbocycles. The van der Waals surface area contributed by atoms with Gasteiger partial charge in [-0.1, -0.05) is 0 Å². The van der Waals surface area contributed by atoms with Crippen LogP contribution in [0.5, 0.6) is 0 Å². The number of carbonyl (C=O) groups is 2. The molecule has 0 spiro atoms. The van der Waals surface area contributed by atoms with Gasteiger partial charge in [0.2, 0.25) is 0 Å². The van der Waals surface area contributed by atoms with Crippen LogP contribution < -0.4 is 10.9 Å². The molecule has 0 aliphatic heterocycles. The first kappa shape index (κ1) is 13.3. The third-order valence-corrected chi connectivity index (χ3v) is 2.57. The van der Waals surface area contributed by atoms with E-state index in [1.54, 1.807) is 25.3 Å². The first-order valence-corrected chi connectivity index (χ1v) is 5.73. The predicted octanol–water partition coefficient (Wildman–Crippen LogP) is 0.665. The van der Waals surface area contributed by atoms with Crippen molar-refractivity contribution in [1.29, 1.82) is 5.26 Å². The number of aryl methyl sites for hydroxylation is 1. The number of aromatic nitrogens is 2. The molecule has 0 unspecified atom stereocenters. The van der Waals surface area contributed by atoms with Crippen LogP contribution >= 0.6 is 0 Å². The molecule has 0 aromatic carbocycles. The first-order chi connectivity index (χ1) is 9.61. The van der Waals surface area contributed by atoms with Gasteiger partial charge >= 0.3 is 0 Å². The highest BCUT2D eigenvalue weighted by Gasteiger charge is 2.11. The van der Waals surface area contributed by atoms with Crippen molar-refractivity contribution in [2.75, 3.05) is 0 Å². The monoisotopic (exact) mass is 269 g/mol. The van der Waals surface area contributed by atoms with Crippen LogP contribution in [0, 0.1) is 18.3 Å². The Morgan fingerprint density at radius 2 is 2.00 bits per heavy atom. The summed E-state index contributed by atoms with van der Waals surface area (Å²) in [6, 6.07) is 8.13. The minimum absolute atomic E-state index is 0.119. The molecule has 2 rings (SSSR count). The van der Waals surface area contributed by atoms with Gasteiger partial charge in [-0.05, 0) is 31.2 Å². The molecule has 2 aromatic heterocycles. The maximum absolute atomic E-state index is 11.8. The van der Waals surface area contributed by atoms with E-state index in [9.17, 15) is 9.59 Å². The van der Waals surface area contributed by atoms with Crippen molar-refractivity contribution in [3.05, 3.63) is 53.1 Å². The van der Waals surface area contributed by atoms with E-state index in [2.05, 4.69) is 20.8 Å². The van der Waals surface area contributed by atoms with Crippen molar-refractivity contribution in [3.63, 3.8) is 0 Å². The summed E-state index contributed by atoms with van der Waals surface area (Å²) in [7, 11) is 0. The van der Waals surface area contributed by atoms with Crippen LogP contribution in [0.1, 0.15) is 32.2 Å². The number of carbonyl (C=O) groups excluding carboxylic acids is 2. The van der Waals surface area contributed by atoms with Crippen LogP contribution in [0.15, 0.2) is 30.5 Å². The molecule has 0 saturated heterocycles. The molecule has 0 radical (unpaired) electrons. The molecule has 7 heteroatoms. The van der Waals surface area contributed by atoms with Crippen molar-refractivity contribution >= 4 is 11.8 Å². The minimum atomic E-state index is -0.558. The summed E-state index contributed by atoms with van der Waals surface area (Å²) in [4.78, 5) is 30.1. The third kappa shape index (κ3) is 2.81. The number of nitriles is 1. The van der Waals surface area contributed by atoms with Crippen LogP contribution in [-0.2, 0) is 0 Å². The summed E-state index contributed by atoms with van der Waals surface area (Å²) in [5, 5.41) is 8.78. The molecule has 0 aliphatic carbocycles. The van der Waals surface area contributed by atoms with Gasteiger partial charge in [-0.3, -0.25) is 20.4 Å². The first-order valence-electron chi connectivity index (χ1n) is 5.73. The van der Waals surface area contributed by atoms with Gasteiger partial charge in [-0.25, -0.2) is 4.98 Å². The fourth-order valence-electron chi connectivity index (χ4n) is 1.52. The van der Waals surface area contributed by atoms with E-state index in [4.69, 9.17) is 5.26 Å². The minimum Gasteiger partial charge on any atom is -0.357 e. The quantitative estimate of drug-likeness (QED) is 0.695. The van der Waals surface area contributed by atoms with E-state index in [1.165, 1.54) is 12.1 Å². The largest absolute Gasteiger partial charge is 0.357 e. The Kier molecular flexibility index (Phi) is 3.77. The summed E-state index contributed by atoms with van der Waals surface area (Å²) >= 11 is 0. The van der Waals surface area contributed by atoms with Crippen molar-refractivity contribution in [3.8, 4) is 6.07 Å². The topological polar surface area (TPSA) is 111 Å². The van der Waals surface area contributed by atoms with Crippen LogP contribution in [0.4, 0.5) is 0 Å². The van der Waals surface area contributed by atoms with Gasteiger partial charge in [0.15, 0.2) is 0 Å². The Labute approximate surface area is 114 Å². The Hall–Kier alpha value is -3.14. The van der Waals surface area contributed by atoms with Gasteiger partial charge in [0.25, 0.3) is 11.8 Å². The van der Waals surface area contributed by atoms with Crippen LogP contribution in [0.25, 0.3) is 0 Å². The SMILES string of the molecule is Cc1nc(C(=O)NNC(=O)c2ccc[nH]2)ccc1C#N. The van der Waals surface area contributed by atoms with Gasteiger partial charge in [-0.2, -0.15) is 5.26 Å². The van der Waals surface area contributed by atoms with Crippen molar-refractivity contribution in [2.24, 2.45) is 0 Å². The highest BCUT2D eigenvalue weighted by atomic mass is 16.2. The normalized spacial score (nSPS) is 9.60. The number of nitrogens with one attached hydrogen (secondary N) is 3. The average molecular weight is 269 g/mol. The number of hydrazine groups is 1. The lowest BCUT2D eigenvalue weighted by molar-refractivity contribution is 0.0841. The van der Waals surface area contributed by atoms with E-state index in [-0.39, 0.29) is 5.69 Å². The maximum Gasteiger partial charge on any atom is 0.288 e. The van der Waals surface area contributed by atoms with Crippen LogP contribution in [-0.4, -0.2) is 21.8 Å². The Bertz CT molecular complexity index is 685. The highest BCUT2D eigenvalue weighted by molar-refractivity contribution is 5.97. The zero-order valence-electron chi connectivity index (χ0n) is 10.6. The summed E-state index contributed by atoms with van der Waals surface area (Å²) in [6.07, 6.45) is 1.60.